The summed E-state index contributed by atoms with van der Waals surface area (Å²) in [6, 6.07) is 8.77. The lowest BCUT2D eigenvalue weighted by atomic mass is 9.96. The van der Waals surface area contributed by atoms with Crippen molar-refractivity contribution in [2.24, 2.45) is 4.99 Å². The van der Waals surface area contributed by atoms with Crippen LogP contribution in [0.5, 0.6) is 11.5 Å². The lowest BCUT2D eigenvalue weighted by Gasteiger charge is -2.11. The molecule has 0 saturated carbocycles. The van der Waals surface area contributed by atoms with E-state index in [0.717, 1.165) is 22.9 Å². The molecule has 2 aromatic rings. The van der Waals surface area contributed by atoms with Crippen LogP contribution in [0.1, 0.15) is 43.7 Å². The summed E-state index contributed by atoms with van der Waals surface area (Å²) >= 11 is 9.27. The number of aromatic hydroxyl groups is 2. The van der Waals surface area contributed by atoms with E-state index in [9.17, 15) is 10.2 Å². The van der Waals surface area contributed by atoms with Crippen molar-refractivity contribution in [3.63, 3.8) is 0 Å². The summed E-state index contributed by atoms with van der Waals surface area (Å²) < 4.78 is 0.747. The Labute approximate surface area is 149 Å². The SMILES string of the molecule is CCCC(C)c1ccc(O)c(N=Cc2cc(Br)cc(Cl)c2O)c1. The lowest BCUT2D eigenvalue weighted by Crippen LogP contribution is -1.92. The van der Waals surface area contributed by atoms with Gasteiger partial charge in [0.05, 0.1) is 5.02 Å². The molecule has 0 fully saturated rings. The molecule has 0 aliphatic rings. The fraction of sp³-hybridized carbons (Fsp3) is 0.278. The molecule has 0 bridgehead atoms. The van der Waals surface area contributed by atoms with Crippen molar-refractivity contribution in [1.29, 1.82) is 0 Å². The Kier molecular flexibility index (Phi) is 6.08. The van der Waals surface area contributed by atoms with Gasteiger partial charge in [-0.05, 0) is 42.2 Å². The number of phenolic OH excluding ortho intramolecular Hbond substituents is 2. The van der Waals surface area contributed by atoms with Gasteiger partial charge in [0.15, 0.2) is 0 Å². The Morgan fingerprint density at radius 3 is 2.70 bits per heavy atom. The Balaban J connectivity index is 2.34. The zero-order valence-corrected chi connectivity index (χ0v) is 15.4. The molecule has 3 nitrogen and oxygen atoms in total. The average Bonchev–Trinajstić information content (AvgIpc) is 2.51. The second-order valence-corrected chi connectivity index (χ2v) is 6.84. The van der Waals surface area contributed by atoms with Crippen LogP contribution in [0, 0.1) is 0 Å². The van der Waals surface area contributed by atoms with Crippen molar-refractivity contribution < 1.29 is 10.2 Å². The Hall–Kier alpha value is -1.52. The fourth-order valence-electron chi connectivity index (χ4n) is 2.37. The third kappa shape index (κ3) is 4.49. The summed E-state index contributed by atoms with van der Waals surface area (Å²) in [7, 11) is 0. The maximum Gasteiger partial charge on any atom is 0.143 e. The highest BCUT2D eigenvalue weighted by Gasteiger charge is 2.09. The van der Waals surface area contributed by atoms with E-state index in [0.29, 0.717) is 17.2 Å². The monoisotopic (exact) mass is 395 g/mol. The number of nitrogens with zero attached hydrogens (tertiary/aromatic N) is 1. The zero-order chi connectivity index (χ0) is 17.0. The first-order valence-corrected chi connectivity index (χ1v) is 8.64. The van der Waals surface area contributed by atoms with Gasteiger partial charge in [0.2, 0.25) is 0 Å². The van der Waals surface area contributed by atoms with Crippen LogP contribution in [0.25, 0.3) is 0 Å². The molecule has 5 heteroatoms. The number of hydrogen-bond donors (Lipinski definition) is 2. The lowest BCUT2D eigenvalue weighted by molar-refractivity contribution is 0.474. The van der Waals surface area contributed by atoms with Crippen molar-refractivity contribution >= 4 is 39.4 Å². The molecule has 1 unspecified atom stereocenters. The predicted molar refractivity (Wildman–Crippen MR) is 99.5 cm³/mol. The third-order valence-electron chi connectivity index (χ3n) is 3.69. The minimum absolute atomic E-state index is 0.0337. The molecule has 0 saturated heterocycles. The first kappa shape index (κ1) is 17.8. The Morgan fingerprint density at radius 1 is 1.26 bits per heavy atom. The van der Waals surface area contributed by atoms with Crippen molar-refractivity contribution in [1.82, 2.24) is 0 Å². The first-order valence-electron chi connectivity index (χ1n) is 7.47. The van der Waals surface area contributed by atoms with Gasteiger partial charge in [0, 0.05) is 16.3 Å². The van der Waals surface area contributed by atoms with Gasteiger partial charge in [-0.25, -0.2) is 0 Å². The van der Waals surface area contributed by atoms with E-state index in [1.54, 1.807) is 18.2 Å². The summed E-state index contributed by atoms with van der Waals surface area (Å²) in [5, 5.41) is 20.2. The highest BCUT2D eigenvalue weighted by Crippen LogP contribution is 2.33. The normalized spacial score (nSPS) is 12.7. The highest BCUT2D eigenvalue weighted by atomic mass is 79.9. The standard InChI is InChI=1S/C18H19BrClNO2/c1-3-4-11(2)12-5-6-17(22)16(8-12)21-10-13-7-14(19)9-15(20)18(13)23/h5-11,22-23H,3-4H2,1-2H3. The first-order chi connectivity index (χ1) is 10.9. The van der Waals surface area contributed by atoms with E-state index in [4.69, 9.17) is 11.6 Å². The molecular formula is C18H19BrClNO2. The molecule has 1 atom stereocenters. The Bertz CT molecular complexity index is 731. The van der Waals surface area contributed by atoms with Crippen molar-refractivity contribution in [3.05, 3.63) is 51.0 Å². The van der Waals surface area contributed by atoms with Gasteiger partial charge in [0.1, 0.15) is 17.2 Å². The van der Waals surface area contributed by atoms with Crippen molar-refractivity contribution in [2.45, 2.75) is 32.6 Å². The second-order valence-electron chi connectivity index (χ2n) is 5.52. The van der Waals surface area contributed by atoms with Crippen molar-refractivity contribution in [3.8, 4) is 11.5 Å². The van der Waals surface area contributed by atoms with Gasteiger partial charge in [-0.1, -0.05) is 53.9 Å². The maximum atomic E-state index is 9.99. The number of hydrogen-bond acceptors (Lipinski definition) is 3. The highest BCUT2D eigenvalue weighted by molar-refractivity contribution is 9.10. The van der Waals surface area contributed by atoms with Crippen LogP contribution >= 0.6 is 27.5 Å². The van der Waals surface area contributed by atoms with Gasteiger partial charge in [-0.3, -0.25) is 4.99 Å². The van der Waals surface area contributed by atoms with Gasteiger partial charge in [0.25, 0.3) is 0 Å². The van der Waals surface area contributed by atoms with Crippen LogP contribution in [0.4, 0.5) is 5.69 Å². The molecule has 0 aromatic heterocycles. The average molecular weight is 397 g/mol. The molecule has 0 spiro atoms. The van der Waals surface area contributed by atoms with Gasteiger partial charge in [-0.15, -0.1) is 0 Å². The number of phenols is 2. The molecule has 0 amide bonds. The van der Waals surface area contributed by atoms with Crippen LogP contribution in [0.15, 0.2) is 39.8 Å². The topological polar surface area (TPSA) is 52.8 Å². The molecular weight excluding hydrogens is 378 g/mol. The summed E-state index contributed by atoms with van der Waals surface area (Å²) in [5.41, 5.74) is 2.09. The van der Waals surface area contributed by atoms with Crippen LogP contribution in [0.3, 0.4) is 0 Å². The number of rotatable bonds is 5. The predicted octanol–water partition coefficient (Wildman–Crippen LogP) is 6.17. The van der Waals surface area contributed by atoms with E-state index < -0.39 is 0 Å². The molecule has 2 N–H and O–H groups in total. The van der Waals surface area contributed by atoms with Gasteiger partial charge >= 0.3 is 0 Å². The number of aliphatic imine (C=N–C) groups is 1. The summed E-state index contributed by atoms with van der Waals surface area (Å²) in [6.07, 6.45) is 3.68. The summed E-state index contributed by atoms with van der Waals surface area (Å²) in [6.45, 7) is 4.30. The maximum absolute atomic E-state index is 9.99. The van der Waals surface area contributed by atoms with Crippen LogP contribution in [0.2, 0.25) is 5.02 Å². The molecule has 0 aliphatic heterocycles. The Morgan fingerprint density at radius 2 is 2.00 bits per heavy atom. The van der Waals surface area contributed by atoms with E-state index >= 15 is 0 Å². The van der Waals surface area contributed by atoms with Gasteiger partial charge < -0.3 is 10.2 Å². The molecule has 0 aliphatic carbocycles. The largest absolute Gasteiger partial charge is 0.506 e. The summed E-state index contributed by atoms with van der Waals surface area (Å²) in [5.74, 6) is 0.478. The smallest absolute Gasteiger partial charge is 0.143 e. The zero-order valence-electron chi connectivity index (χ0n) is 13.1. The molecule has 2 rings (SSSR count). The molecule has 2 aromatic carbocycles. The molecule has 122 valence electrons. The van der Waals surface area contributed by atoms with Crippen LogP contribution in [-0.2, 0) is 0 Å². The van der Waals surface area contributed by atoms with Crippen LogP contribution < -0.4 is 0 Å². The van der Waals surface area contributed by atoms with E-state index in [1.165, 1.54) is 6.21 Å². The summed E-state index contributed by atoms with van der Waals surface area (Å²) in [4.78, 5) is 4.31. The number of halogens is 2. The molecule has 23 heavy (non-hydrogen) atoms. The molecule has 0 radical (unpaired) electrons. The van der Waals surface area contributed by atoms with E-state index in [-0.39, 0.29) is 16.5 Å². The molecule has 0 heterocycles. The second kappa shape index (κ2) is 7.84. The van der Waals surface area contributed by atoms with Crippen LogP contribution in [-0.4, -0.2) is 16.4 Å². The van der Waals surface area contributed by atoms with Crippen molar-refractivity contribution in [2.75, 3.05) is 0 Å². The van der Waals surface area contributed by atoms with Gasteiger partial charge in [-0.2, -0.15) is 0 Å². The quantitative estimate of drug-likeness (QED) is 0.594. The fourth-order valence-corrected chi connectivity index (χ4v) is 3.21. The number of benzene rings is 2. The van der Waals surface area contributed by atoms with E-state index in [1.807, 2.05) is 12.1 Å². The van der Waals surface area contributed by atoms with E-state index in [2.05, 4.69) is 34.8 Å². The minimum Gasteiger partial charge on any atom is -0.506 e. The third-order valence-corrected chi connectivity index (χ3v) is 4.44. The minimum atomic E-state index is -0.0337.